The fourth-order valence-electron chi connectivity index (χ4n) is 0.864. The highest BCUT2D eigenvalue weighted by molar-refractivity contribution is 5.89. The molecule has 0 aliphatic carbocycles. The predicted molar refractivity (Wildman–Crippen MR) is 51.0 cm³/mol. The molecule has 0 radical (unpaired) electrons. The van der Waals surface area contributed by atoms with Crippen LogP contribution in [-0.2, 0) is 11.3 Å². The number of aliphatic hydroxyl groups excluding tert-OH is 1. The van der Waals surface area contributed by atoms with Gasteiger partial charge in [-0.1, -0.05) is 12.1 Å². The number of rotatable bonds is 2. The zero-order valence-electron chi connectivity index (χ0n) is 7.19. The van der Waals surface area contributed by atoms with E-state index in [0.29, 0.717) is 5.56 Å². The molecule has 0 atom stereocenters. The molecule has 0 bridgehead atoms. The summed E-state index contributed by atoms with van der Waals surface area (Å²) in [4.78, 5) is 10.9. The normalized spacial score (nSPS) is 8.77. The second-order valence-electron chi connectivity index (χ2n) is 2.35. The number of benzene rings is 1. The van der Waals surface area contributed by atoms with Gasteiger partial charge in [0.15, 0.2) is 0 Å². The van der Waals surface area contributed by atoms with Crippen LogP contribution in [0.4, 0.5) is 0 Å². The van der Waals surface area contributed by atoms with Crippen molar-refractivity contribution >= 4 is 18.4 Å². The molecule has 0 amide bonds. The molecule has 3 nitrogen and oxygen atoms in total. The highest BCUT2D eigenvalue weighted by Crippen LogP contribution is 2.04. The summed E-state index contributed by atoms with van der Waals surface area (Å²) >= 11 is 0. The van der Waals surface area contributed by atoms with E-state index in [4.69, 9.17) is 5.11 Å². The fourth-order valence-corrected chi connectivity index (χ4v) is 0.864. The van der Waals surface area contributed by atoms with Crippen molar-refractivity contribution in [2.75, 3.05) is 7.11 Å². The van der Waals surface area contributed by atoms with Gasteiger partial charge in [0.2, 0.25) is 0 Å². The maximum Gasteiger partial charge on any atom is 0.337 e. The zero-order valence-corrected chi connectivity index (χ0v) is 8.00. The Labute approximate surface area is 82.7 Å². The maximum absolute atomic E-state index is 10.9. The summed E-state index contributed by atoms with van der Waals surface area (Å²) in [5.74, 6) is -0.362. The van der Waals surface area contributed by atoms with E-state index in [2.05, 4.69) is 4.74 Å². The Bertz CT molecular complexity index is 269. The van der Waals surface area contributed by atoms with Crippen LogP contribution >= 0.6 is 12.4 Å². The van der Waals surface area contributed by atoms with Crippen LogP contribution < -0.4 is 0 Å². The molecule has 0 fully saturated rings. The third-order valence-electron chi connectivity index (χ3n) is 1.56. The number of hydrogen-bond acceptors (Lipinski definition) is 3. The minimum atomic E-state index is -0.362. The van der Waals surface area contributed by atoms with E-state index >= 15 is 0 Å². The number of hydrogen-bond donors (Lipinski definition) is 1. The maximum atomic E-state index is 10.9. The van der Waals surface area contributed by atoms with Crippen LogP contribution in [0.3, 0.4) is 0 Å². The Balaban J connectivity index is 0.00000144. The lowest BCUT2D eigenvalue weighted by atomic mass is 10.1. The molecule has 0 unspecified atom stereocenters. The molecular formula is C9H11ClO3. The molecule has 0 aliphatic heterocycles. The van der Waals surface area contributed by atoms with E-state index in [0.717, 1.165) is 5.56 Å². The molecule has 1 N–H and O–H groups in total. The summed E-state index contributed by atoms with van der Waals surface area (Å²) in [6, 6.07) is 6.62. The predicted octanol–water partition coefficient (Wildman–Crippen LogP) is 1.39. The summed E-state index contributed by atoms with van der Waals surface area (Å²) in [5, 5.41) is 8.71. The van der Waals surface area contributed by atoms with Gasteiger partial charge in [-0.05, 0) is 17.7 Å². The third kappa shape index (κ3) is 3.05. The Morgan fingerprint density at radius 2 is 1.92 bits per heavy atom. The minimum absolute atomic E-state index is 0. The van der Waals surface area contributed by atoms with E-state index in [9.17, 15) is 4.79 Å². The van der Waals surface area contributed by atoms with Crippen LogP contribution in [0.5, 0.6) is 0 Å². The Morgan fingerprint density at radius 3 is 2.31 bits per heavy atom. The van der Waals surface area contributed by atoms with Gasteiger partial charge >= 0.3 is 5.97 Å². The molecule has 1 aromatic rings. The van der Waals surface area contributed by atoms with Crippen molar-refractivity contribution in [2.24, 2.45) is 0 Å². The highest BCUT2D eigenvalue weighted by atomic mass is 35.5. The fraction of sp³-hybridized carbons (Fsp3) is 0.222. The van der Waals surface area contributed by atoms with Gasteiger partial charge in [0.05, 0.1) is 19.3 Å². The Hall–Kier alpha value is -1.06. The van der Waals surface area contributed by atoms with E-state index < -0.39 is 0 Å². The first-order valence-corrected chi connectivity index (χ1v) is 3.56. The molecule has 1 rings (SSSR count). The Kier molecular flexibility index (Phi) is 5.11. The van der Waals surface area contributed by atoms with Crippen molar-refractivity contribution in [3.63, 3.8) is 0 Å². The van der Waals surface area contributed by atoms with E-state index in [1.165, 1.54) is 7.11 Å². The van der Waals surface area contributed by atoms with Crippen LogP contribution in [0.25, 0.3) is 0 Å². The van der Waals surface area contributed by atoms with Crippen LogP contribution in [0.2, 0.25) is 0 Å². The summed E-state index contributed by atoms with van der Waals surface area (Å²) in [7, 11) is 1.34. The van der Waals surface area contributed by atoms with Crippen LogP contribution in [-0.4, -0.2) is 18.2 Å². The van der Waals surface area contributed by atoms with Crippen molar-refractivity contribution in [3.8, 4) is 0 Å². The number of methoxy groups -OCH3 is 1. The first-order chi connectivity index (χ1) is 5.77. The van der Waals surface area contributed by atoms with Crippen LogP contribution in [0.1, 0.15) is 15.9 Å². The molecule has 4 heteroatoms. The monoisotopic (exact) mass is 202 g/mol. The lowest BCUT2D eigenvalue weighted by molar-refractivity contribution is 0.0600. The van der Waals surface area contributed by atoms with E-state index in [-0.39, 0.29) is 25.0 Å². The summed E-state index contributed by atoms with van der Waals surface area (Å²) in [5.41, 5.74) is 1.28. The van der Waals surface area contributed by atoms with Gasteiger partial charge in [-0.15, -0.1) is 12.4 Å². The van der Waals surface area contributed by atoms with Crippen molar-refractivity contribution in [3.05, 3.63) is 35.4 Å². The summed E-state index contributed by atoms with van der Waals surface area (Å²) in [6.45, 7) is -0.0124. The first kappa shape index (κ1) is 11.9. The summed E-state index contributed by atoms with van der Waals surface area (Å²) < 4.78 is 4.51. The van der Waals surface area contributed by atoms with Crippen molar-refractivity contribution in [1.82, 2.24) is 0 Å². The lowest BCUT2D eigenvalue weighted by Crippen LogP contribution is -2.00. The van der Waals surface area contributed by atoms with Gasteiger partial charge in [-0.3, -0.25) is 0 Å². The van der Waals surface area contributed by atoms with Gasteiger partial charge in [0.25, 0.3) is 0 Å². The highest BCUT2D eigenvalue weighted by Gasteiger charge is 2.02. The molecule has 0 saturated carbocycles. The number of ether oxygens (including phenoxy) is 1. The van der Waals surface area contributed by atoms with E-state index in [1.54, 1.807) is 24.3 Å². The first-order valence-electron chi connectivity index (χ1n) is 3.56. The number of carbonyl (C=O) groups excluding carboxylic acids is 1. The molecule has 0 saturated heterocycles. The van der Waals surface area contributed by atoms with Crippen LogP contribution in [0.15, 0.2) is 24.3 Å². The molecule has 0 heterocycles. The number of aliphatic hydroxyl groups is 1. The Morgan fingerprint density at radius 1 is 1.38 bits per heavy atom. The SMILES string of the molecule is COC(=O)c1ccc(CO)cc1.Cl. The van der Waals surface area contributed by atoms with Gasteiger partial charge in [0, 0.05) is 0 Å². The topological polar surface area (TPSA) is 46.5 Å². The standard InChI is InChI=1S/C9H10O3.ClH/c1-12-9(11)8-4-2-7(6-10)3-5-8;/h2-5,10H,6H2,1H3;1H. The molecule has 13 heavy (non-hydrogen) atoms. The zero-order chi connectivity index (χ0) is 8.97. The van der Waals surface area contributed by atoms with Gasteiger partial charge < -0.3 is 9.84 Å². The van der Waals surface area contributed by atoms with Gasteiger partial charge in [-0.25, -0.2) is 4.79 Å². The molecule has 72 valence electrons. The molecular weight excluding hydrogens is 192 g/mol. The van der Waals surface area contributed by atoms with Gasteiger partial charge in [-0.2, -0.15) is 0 Å². The molecule has 0 spiro atoms. The van der Waals surface area contributed by atoms with Crippen molar-refractivity contribution in [1.29, 1.82) is 0 Å². The minimum Gasteiger partial charge on any atom is -0.465 e. The molecule has 0 aliphatic rings. The average Bonchev–Trinajstić information content (AvgIpc) is 2.17. The number of halogens is 1. The summed E-state index contributed by atoms with van der Waals surface area (Å²) in [6.07, 6.45) is 0. The molecule has 0 aromatic heterocycles. The largest absolute Gasteiger partial charge is 0.465 e. The molecule has 1 aromatic carbocycles. The third-order valence-corrected chi connectivity index (χ3v) is 1.56. The quantitative estimate of drug-likeness (QED) is 0.738. The number of carbonyl (C=O) groups is 1. The van der Waals surface area contributed by atoms with Crippen LogP contribution in [0, 0.1) is 0 Å². The van der Waals surface area contributed by atoms with Crippen molar-refractivity contribution < 1.29 is 14.6 Å². The van der Waals surface area contributed by atoms with E-state index in [1.807, 2.05) is 0 Å². The van der Waals surface area contributed by atoms with Crippen molar-refractivity contribution in [2.45, 2.75) is 6.61 Å². The smallest absolute Gasteiger partial charge is 0.337 e. The second kappa shape index (κ2) is 5.56. The number of esters is 1. The van der Waals surface area contributed by atoms with Gasteiger partial charge in [0.1, 0.15) is 0 Å². The second-order valence-corrected chi connectivity index (χ2v) is 2.35. The lowest BCUT2D eigenvalue weighted by Gasteiger charge is -1.99. The average molecular weight is 203 g/mol.